The third-order valence-corrected chi connectivity index (χ3v) is 4.58. The van der Waals surface area contributed by atoms with Gasteiger partial charge in [0.25, 0.3) is 11.8 Å². The monoisotopic (exact) mass is 475 g/mol. The fraction of sp³-hybridized carbons (Fsp3) is 0.318. The van der Waals surface area contributed by atoms with Crippen molar-refractivity contribution < 1.29 is 19.1 Å². The Morgan fingerprint density at radius 2 is 1.57 bits per heavy atom. The van der Waals surface area contributed by atoms with Crippen molar-refractivity contribution in [1.29, 1.82) is 0 Å². The molecule has 30 heavy (non-hydrogen) atoms. The number of benzene rings is 2. The Balaban J connectivity index is 1.90. The first kappa shape index (κ1) is 23.4. The van der Waals surface area contributed by atoms with E-state index in [4.69, 9.17) is 4.74 Å². The molecule has 0 bridgehead atoms. The quantitative estimate of drug-likeness (QED) is 0.495. The van der Waals surface area contributed by atoms with E-state index in [1.54, 1.807) is 42.5 Å². The summed E-state index contributed by atoms with van der Waals surface area (Å²) in [4.78, 5) is 36.2. The van der Waals surface area contributed by atoms with E-state index in [0.29, 0.717) is 46.0 Å². The maximum absolute atomic E-state index is 12.3. The van der Waals surface area contributed by atoms with E-state index in [9.17, 15) is 14.4 Å². The molecule has 2 rings (SSSR count). The molecule has 0 spiro atoms. The molecule has 0 aliphatic heterocycles. The topological polar surface area (TPSA) is 96.5 Å². The third-order valence-electron chi connectivity index (χ3n) is 3.96. The lowest BCUT2D eigenvalue weighted by Gasteiger charge is -2.12. The molecule has 7 nitrogen and oxygen atoms in total. The maximum atomic E-state index is 12.3. The molecule has 2 aromatic rings. The van der Waals surface area contributed by atoms with Crippen LogP contribution >= 0.6 is 15.9 Å². The van der Waals surface area contributed by atoms with Crippen molar-refractivity contribution in [3.63, 3.8) is 0 Å². The summed E-state index contributed by atoms with van der Waals surface area (Å²) in [6.45, 7) is 6.60. The molecule has 0 aliphatic rings. The van der Waals surface area contributed by atoms with Crippen molar-refractivity contribution in [2.75, 3.05) is 11.9 Å². The van der Waals surface area contributed by atoms with E-state index in [2.05, 4.69) is 45.9 Å². The highest BCUT2D eigenvalue weighted by Crippen LogP contribution is 2.26. The first-order valence-corrected chi connectivity index (χ1v) is 10.5. The summed E-state index contributed by atoms with van der Waals surface area (Å²) in [6.07, 6.45) is 1.20. The van der Waals surface area contributed by atoms with Crippen LogP contribution < -0.4 is 20.9 Å². The molecule has 0 aliphatic carbocycles. The van der Waals surface area contributed by atoms with Crippen LogP contribution in [-0.4, -0.2) is 24.3 Å². The molecule has 0 unspecified atom stereocenters. The van der Waals surface area contributed by atoms with Crippen molar-refractivity contribution >= 4 is 39.3 Å². The third kappa shape index (κ3) is 7.18. The molecule has 3 amide bonds. The van der Waals surface area contributed by atoms with Gasteiger partial charge in [-0.25, -0.2) is 0 Å². The van der Waals surface area contributed by atoms with Gasteiger partial charge in [0.15, 0.2) is 0 Å². The summed E-state index contributed by atoms with van der Waals surface area (Å²) in [5.74, 6) is 0.0366. The lowest BCUT2D eigenvalue weighted by Crippen LogP contribution is -2.41. The van der Waals surface area contributed by atoms with Gasteiger partial charge in [-0.15, -0.1) is 0 Å². The Labute approximate surface area is 184 Å². The largest absolute Gasteiger partial charge is 0.492 e. The second-order valence-corrected chi connectivity index (χ2v) is 7.99. The van der Waals surface area contributed by atoms with Crippen LogP contribution in [0.4, 0.5) is 5.69 Å². The van der Waals surface area contributed by atoms with E-state index >= 15 is 0 Å². The number of ether oxygens (including phenoxy) is 1. The number of nitrogens with one attached hydrogen (secondary N) is 3. The number of hydrazine groups is 1. The normalized spacial score (nSPS) is 10.4. The summed E-state index contributed by atoms with van der Waals surface area (Å²) in [5, 5.41) is 2.75. The smallest absolute Gasteiger partial charge is 0.269 e. The maximum Gasteiger partial charge on any atom is 0.269 e. The molecular formula is C22H26BrN3O4. The SMILES string of the molecule is CCCC(=O)Nc1ccc(C(=O)NNC(=O)c2ccc(OCC(C)C)c(Br)c2)cc1. The highest BCUT2D eigenvalue weighted by Gasteiger charge is 2.12. The average Bonchev–Trinajstić information content (AvgIpc) is 2.71. The van der Waals surface area contributed by atoms with Gasteiger partial charge in [-0.1, -0.05) is 20.8 Å². The Hall–Kier alpha value is -2.87. The first-order chi connectivity index (χ1) is 14.3. The fourth-order valence-electron chi connectivity index (χ4n) is 2.43. The Kier molecular flexibility index (Phi) is 8.86. The number of carbonyl (C=O) groups is 3. The Bertz CT molecular complexity index is 898. The highest BCUT2D eigenvalue weighted by molar-refractivity contribution is 9.10. The zero-order valence-corrected chi connectivity index (χ0v) is 18.8. The zero-order chi connectivity index (χ0) is 22.1. The van der Waals surface area contributed by atoms with Crippen LogP contribution in [-0.2, 0) is 4.79 Å². The number of amides is 3. The number of rotatable bonds is 8. The number of hydrogen-bond donors (Lipinski definition) is 3. The highest BCUT2D eigenvalue weighted by atomic mass is 79.9. The standard InChI is InChI=1S/C22H26BrN3O4/c1-4-5-20(27)24-17-9-6-15(7-10-17)21(28)25-26-22(29)16-8-11-19(18(23)12-16)30-13-14(2)3/h6-12,14H,4-5,13H2,1-3H3,(H,24,27)(H,25,28)(H,26,29). The molecule has 2 aromatic carbocycles. The average molecular weight is 476 g/mol. The molecule has 0 aromatic heterocycles. The van der Waals surface area contributed by atoms with Crippen molar-refractivity contribution in [3.05, 3.63) is 58.1 Å². The molecule has 0 saturated heterocycles. The van der Waals surface area contributed by atoms with Gasteiger partial charge in [-0.3, -0.25) is 25.2 Å². The Morgan fingerprint density at radius 1 is 0.967 bits per heavy atom. The van der Waals surface area contributed by atoms with Crippen LogP contribution in [0.25, 0.3) is 0 Å². The minimum Gasteiger partial charge on any atom is -0.492 e. The van der Waals surface area contributed by atoms with Gasteiger partial charge >= 0.3 is 0 Å². The number of hydrogen-bond acceptors (Lipinski definition) is 4. The molecule has 0 atom stereocenters. The molecule has 160 valence electrons. The summed E-state index contributed by atoms with van der Waals surface area (Å²) in [7, 11) is 0. The molecule has 0 radical (unpaired) electrons. The van der Waals surface area contributed by atoms with E-state index in [1.165, 1.54) is 0 Å². The second kappa shape index (κ2) is 11.3. The minimum absolute atomic E-state index is 0.0752. The lowest BCUT2D eigenvalue weighted by atomic mass is 10.2. The molecule has 0 heterocycles. The fourth-order valence-corrected chi connectivity index (χ4v) is 2.92. The van der Waals surface area contributed by atoms with E-state index < -0.39 is 11.8 Å². The van der Waals surface area contributed by atoms with Crippen molar-refractivity contribution in [3.8, 4) is 5.75 Å². The summed E-state index contributed by atoms with van der Waals surface area (Å²) in [5.41, 5.74) is 6.10. The molecule has 0 fully saturated rings. The van der Waals surface area contributed by atoms with E-state index in [-0.39, 0.29) is 5.91 Å². The van der Waals surface area contributed by atoms with Crippen molar-refractivity contribution in [2.45, 2.75) is 33.6 Å². The second-order valence-electron chi connectivity index (χ2n) is 7.13. The van der Waals surface area contributed by atoms with Gasteiger partial charge < -0.3 is 10.1 Å². The van der Waals surface area contributed by atoms with Crippen molar-refractivity contribution in [1.82, 2.24) is 10.9 Å². The molecule has 3 N–H and O–H groups in total. The summed E-state index contributed by atoms with van der Waals surface area (Å²) in [6, 6.07) is 11.4. The van der Waals surface area contributed by atoms with Gasteiger partial charge in [0.1, 0.15) is 5.75 Å². The van der Waals surface area contributed by atoms with Gasteiger partial charge in [-0.2, -0.15) is 0 Å². The van der Waals surface area contributed by atoms with Crippen LogP contribution in [0.3, 0.4) is 0 Å². The predicted octanol–water partition coefficient (Wildman–Crippen LogP) is 4.30. The van der Waals surface area contributed by atoms with Gasteiger partial charge in [0.05, 0.1) is 11.1 Å². The van der Waals surface area contributed by atoms with E-state index in [0.717, 1.165) is 6.42 Å². The van der Waals surface area contributed by atoms with Crippen molar-refractivity contribution in [2.24, 2.45) is 5.92 Å². The van der Waals surface area contributed by atoms with Crippen LogP contribution in [0.2, 0.25) is 0 Å². The lowest BCUT2D eigenvalue weighted by molar-refractivity contribution is -0.116. The van der Waals surface area contributed by atoms with Crippen LogP contribution in [0, 0.1) is 5.92 Å². The number of halogens is 1. The Morgan fingerprint density at radius 3 is 2.13 bits per heavy atom. The van der Waals surface area contributed by atoms with Gasteiger partial charge in [0.2, 0.25) is 5.91 Å². The van der Waals surface area contributed by atoms with E-state index in [1.807, 2.05) is 6.92 Å². The molecule has 8 heteroatoms. The molecular weight excluding hydrogens is 450 g/mol. The predicted molar refractivity (Wildman–Crippen MR) is 119 cm³/mol. The van der Waals surface area contributed by atoms with Gasteiger partial charge in [-0.05, 0) is 70.7 Å². The summed E-state index contributed by atoms with van der Waals surface area (Å²) >= 11 is 3.39. The van der Waals surface area contributed by atoms with Gasteiger partial charge in [0, 0.05) is 23.2 Å². The number of carbonyl (C=O) groups excluding carboxylic acids is 3. The summed E-state index contributed by atoms with van der Waals surface area (Å²) < 4.78 is 6.32. The molecule has 0 saturated carbocycles. The van der Waals surface area contributed by atoms with Crippen LogP contribution in [0.5, 0.6) is 5.75 Å². The van der Waals surface area contributed by atoms with Crippen LogP contribution in [0.15, 0.2) is 46.9 Å². The number of anilines is 1. The zero-order valence-electron chi connectivity index (χ0n) is 17.3. The van der Waals surface area contributed by atoms with Crippen LogP contribution in [0.1, 0.15) is 54.3 Å². The first-order valence-electron chi connectivity index (χ1n) is 9.73. The minimum atomic E-state index is -0.467.